The lowest BCUT2D eigenvalue weighted by molar-refractivity contribution is -0.138. The molecule has 1 saturated heterocycles. The lowest BCUT2D eigenvalue weighted by atomic mass is 9.81. The highest BCUT2D eigenvalue weighted by Crippen LogP contribution is 2.30. The summed E-state index contributed by atoms with van der Waals surface area (Å²) in [4.78, 5) is 59.8. The van der Waals surface area contributed by atoms with Gasteiger partial charge in [-0.2, -0.15) is 0 Å². The fourth-order valence-electron chi connectivity index (χ4n) is 4.76. The first-order valence-electron chi connectivity index (χ1n) is 11.8. The maximum Gasteiger partial charge on any atom is 0.316 e. The average Bonchev–Trinajstić information content (AvgIpc) is 3.37. The summed E-state index contributed by atoms with van der Waals surface area (Å²) < 4.78 is 15.7. The van der Waals surface area contributed by atoms with E-state index in [1.807, 2.05) is 0 Å². The van der Waals surface area contributed by atoms with Crippen molar-refractivity contribution in [2.75, 3.05) is 26.2 Å². The smallest absolute Gasteiger partial charge is 0.316 e. The molecule has 0 radical (unpaired) electrons. The standard InChI is InChI=1S/C22H34N3O7P/c26-19(24-13-11-18(15-24)32-33(30)31)4-2-1-3-12-23-22(29)17-7-5-16(6-8-17)14-25-20(27)9-10-21(25)28/h9-10,16-18,33H,1-8,11-15H2,(H,23,29)(H,30,31)/t16?,17?,18-/m0/s1. The summed E-state index contributed by atoms with van der Waals surface area (Å²) in [6.07, 6.45) is 8.83. The van der Waals surface area contributed by atoms with Gasteiger partial charge in [0.25, 0.3) is 11.8 Å². The number of likely N-dealkylation sites (tertiary alicyclic amines) is 1. The predicted molar refractivity (Wildman–Crippen MR) is 120 cm³/mol. The molecule has 2 aliphatic heterocycles. The van der Waals surface area contributed by atoms with Crippen LogP contribution in [0.3, 0.4) is 0 Å². The van der Waals surface area contributed by atoms with Crippen LogP contribution >= 0.6 is 8.25 Å². The number of nitrogens with one attached hydrogen (secondary N) is 1. The van der Waals surface area contributed by atoms with E-state index in [9.17, 15) is 23.7 Å². The lowest BCUT2D eigenvalue weighted by Crippen LogP contribution is -2.38. The van der Waals surface area contributed by atoms with Crippen LogP contribution in [-0.2, 0) is 28.3 Å². The second kappa shape index (κ2) is 12.4. The highest BCUT2D eigenvalue weighted by molar-refractivity contribution is 7.32. The van der Waals surface area contributed by atoms with Crippen LogP contribution in [0.4, 0.5) is 0 Å². The quantitative estimate of drug-likeness (QED) is 0.258. The predicted octanol–water partition coefficient (Wildman–Crippen LogP) is 1.39. The third-order valence-electron chi connectivity index (χ3n) is 6.69. The Morgan fingerprint density at radius 2 is 1.76 bits per heavy atom. The molecule has 0 aromatic carbocycles. The Labute approximate surface area is 194 Å². The van der Waals surface area contributed by atoms with Crippen LogP contribution in [0.2, 0.25) is 0 Å². The van der Waals surface area contributed by atoms with Crippen LogP contribution < -0.4 is 5.32 Å². The van der Waals surface area contributed by atoms with Crippen molar-refractivity contribution in [3.05, 3.63) is 12.2 Å². The third-order valence-corrected chi connectivity index (χ3v) is 7.23. The van der Waals surface area contributed by atoms with Crippen LogP contribution in [0.1, 0.15) is 57.8 Å². The largest absolute Gasteiger partial charge is 0.356 e. The molecule has 2 fully saturated rings. The number of hydrogen-bond donors (Lipinski definition) is 2. The van der Waals surface area contributed by atoms with E-state index in [1.165, 1.54) is 17.1 Å². The van der Waals surface area contributed by atoms with Gasteiger partial charge < -0.3 is 19.6 Å². The van der Waals surface area contributed by atoms with E-state index in [2.05, 4.69) is 5.32 Å². The summed E-state index contributed by atoms with van der Waals surface area (Å²) in [6.45, 7) is 1.94. The zero-order valence-electron chi connectivity index (χ0n) is 18.9. The SMILES string of the molecule is O=C(NCCCCCC(=O)N1CC[C@H](O[PH](=O)O)C1)C1CCC(CN2C(=O)C=CC2=O)CC1. The van der Waals surface area contributed by atoms with E-state index < -0.39 is 8.25 Å². The third kappa shape index (κ3) is 7.76. The normalized spacial score (nSPS) is 26.2. The summed E-state index contributed by atoms with van der Waals surface area (Å²) in [5, 5.41) is 2.99. The Balaban J connectivity index is 1.21. The molecular formula is C22H34N3O7P. The monoisotopic (exact) mass is 483 g/mol. The van der Waals surface area contributed by atoms with Crippen molar-refractivity contribution in [3.8, 4) is 0 Å². The minimum Gasteiger partial charge on any atom is -0.356 e. The summed E-state index contributed by atoms with van der Waals surface area (Å²) in [7, 11) is -2.97. The number of nitrogens with zero attached hydrogens (tertiary/aromatic N) is 2. The number of unbranched alkanes of at least 4 members (excludes halogenated alkanes) is 2. The molecule has 2 heterocycles. The van der Waals surface area contributed by atoms with Crippen molar-refractivity contribution in [1.82, 2.24) is 15.1 Å². The van der Waals surface area contributed by atoms with Crippen molar-refractivity contribution in [1.29, 1.82) is 0 Å². The maximum atomic E-state index is 12.4. The van der Waals surface area contributed by atoms with Gasteiger partial charge in [-0.1, -0.05) is 6.42 Å². The van der Waals surface area contributed by atoms with Crippen LogP contribution in [0.5, 0.6) is 0 Å². The second-order valence-electron chi connectivity index (χ2n) is 9.07. The van der Waals surface area contributed by atoms with E-state index in [4.69, 9.17) is 9.42 Å². The van der Waals surface area contributed by atoms with Crippen molar-refractivity contribution >= 4 is 31.9 Å². The van der Waals surface area contributed by atoms with Gasteiger partial charge in [-0.3, -0.25) is 28.6 Å². The molecule has 3 rings (SSSR count). The minimum absolute atomic E-state index is 0.0221. The highest BCUT2D eigenvalue weighted by Gasteiger charge is 2.31. The zero-order chi connectivity index (χ0) is 23.8. The molecule has 2 atom stereocenters. The van der Waals surface area contributed by atoms with Gasteiger partial charge >= 0.3 is 8.25 Å². The number of rotatable bonds is 11. The van der Waals surface area contributed by atoms with E-state index in [-0.39, 0.29) is 41.6 Å². The van der Waals surface area contributed by atoms with Crippen molar-refractivity contribution in [2.45, 2.75) is 63.9 Å². The van der Waals surface area contributed by atoms with E-state index in [1.54, 1.807) is 4.90 Å². The number of amides is 4. The minimum atomic E-state index is -2.97. The van der Waals surface area contributed by atoms with Crippen molar-refractivity contribution < 1.29 is 33.2 Å². The molecule has 3 aliphatic rings. The molecule has 1 saturated carbocycles. The fourth-order valence-corrected chi connectivity index (χ4v) is 5.24. The second-order valence-corrected chi connectivity index (χ2v) is 9.84. The van der Waals surface area contributed by atoms with Crippen LogP contribution in [0.25, 0.3) is 0 Å². The molecule has 0 bridgehead atoms. The topological polar surface area (TPSA) is 133 Å². The van der Waals surface area contributed by atoms with Gasteiger partial charge in [0.15, 0.2) is 0 Å². The molecule has 1 aliphatic carbocycles. The molecule has 2 N–H and O–H groups in total. The molecule has 10 nitrogen and oxygen atoms in total. The first-order valence-corrected chi connectivity index (χ1v) is 13.1. The summed E-state index contributed by atoms with van der Waals surface area (Å²) >= 11 is 0. The average molecular weight is 484 g/mol. The lowest BCUT2D eigenvalue weighted by Gasteiger charge is -2.30. The number of imide groups is 1. The van der Waals surface area contributed by atoms with Gasteiger partial charge in [-0.15, -0.1) is 0 Å². The molecule has 11 heteroatoms. The van der Waals surface area contributed by atoms with Gasteiger partial charge in [0.1, 0.15) is 0 Å². The van der Waals surface area contributed by atoms with Crippen molar-refractivity contribution in [2.24, 2.45) is 11.8 Å². The maximum absolute atomic E-state index is 12.4. The number of hydrogen-bond acceptors (Lipinski definition) is 6. The molecule has 184 valence electrons. The molecule has 0 aromatic rings. The first kappa shape index (κ1) is 25.6. The van der Waals surface area contributed by atoms with Crippen LogP contribution in [0.15, 0.2) is 12.2 Å². The molecule has 0 aromatic heterocycles. The van der Waals surface area contributed by atoms with Gasteiger partial charge in [-0.05, 0) is 50.9 Å². The molecule has 33 heavy (non-hydrogen) atoms. The Kier molecular flexibility index (Phi) is 9.64. The number of carbonyl (C=O) groups is 4. The molecular weight excluding hydrogens is 449 g/mol. The first-order chi connectivity index (χ1) is 15.8. The van der Waals surface area contributed by atoms with E-state index in [0.29, 0.717) is 39.0 Å². The van der Waals surface area contributed by atoms with Gasteiger partial charge in [0, 0.05) is 50.7 Å². The molecule has 0 spiro atoms. The summed E-state index contributed by atoms with van der Waals surface area (Å²) in [5.74, 6) is -0.172. The summed E-state index contributed by atoms with van der Waals surface area (Å²) in [5.41, 5.74) is 0. The Morgan fingerprint density at radius 3 is 2.42 bits per heavy atom. The highest BCUT2D eigenvalue weighted by atomic mass is 31.1. The van der Waals surface area contributed by atoms with E-state index >= 15 is 0 Å². The Hall–Kier alpha value is -2.03. The summed E-state index contributed by atoms with van der Waals surface area (Å²) in [6, 6.07) is 0. The van der Waals surface area contributed by atoms with Gasteiger partial charge in [-0.25, -0.2) is 0 Å². The zero-order valence-corrected chi connectivity index (χ0v) is 19.9. The van der Waals surface area contributed by atoms with Gasteiger partial charge in [0.05, 0.1) is 6.10 Å². The van der Waals surface area contributed by atoms with E-state index in [0.717, 1.165) is 44.9 Å². The Morgan fingerprint density at radius 1 is 1.06 bits per heavy atom. The van der Waals surface area contributed by atoms with Crippen LogP contribution in [-0.4, -0.2) is 70.6 Å². The van der Waals surface area contributed by atoms with Crippen LogP contribution in [0, 0.1) is 11.8 Å². The molecule has 4 amide bonds. The Bertz CT molecular complexity index is 777. The van der Waals surface area contributed by atoms with Gasteiger partial charge in [0.2, 0.25) is 11.8 Å². The fraction of sp³-hybridized carbons (Fsp3) is 0.727. The van der Waals surface area contributed by atoms with Crippen molar-refractivity contribution in [3.63, 3.8) is 0 Å². The number of carbonyl (C=O) groups excluding carboxylic acids is 4. The molecule has 1 unspecified atom stereocenters.